The van der Waals surface area contributed by atoms with Gasteiger partial charge >= 0.3 is 0 Å². The molecule has 0 aliphatic heterocycles. The lowest BCUT2D eigenvalue weighted by Gasteiger charge is -2.10. The molecule has 7 heteroatoms. The van der Waals surface area contributed by atoms with Gasteiger partial charge < -0.3 is 9.26 Å². The number of nitrogens with zero attached hydrogens (tertiary/aromatic N) is 1. The molecule has 150 valence electrons. The molecule has 0 atom stereocenters. The zero-order valence-corrected chi connectivity index (χ0v) is 16.6. The number of aromatic nitrogens is 1. The summed E-state index contributed by atoms with van der Waals surface area (Å²) in [6.07, 6.45) is 0.137. The van der Waals surface area contributed by atoms with E-state index in [0.717, 1.165) is 28.1 Å². The molecular weight excluding hydrogens is 370 g/mol. The summed E-state index contributed by atoms with van der Waals surface area (Å²) in [7, 11) is 0. The Balaban J connectivity index is 1.48. The van der Waals surface area contributed by atoms with Gasteiger partial charge in [-0.25, -0.2) is 0 Å². The molecule has 3 rings (SSSR count). The number of carbonyl (C=O) groups is 2. The highest BCUT2D eigenvalue weighted by Gasteiger charge is 2.11. The van der Waals surface area contributed by atoms with Crippen molar-refractivity contribution in [2.45, 2.75) is 33.8 Å². The summed E-state index contributed by atoms with van der Waals surface area (Å²) < 4.78 is 10.9. The Hall–Kier alpha value is -3.61. The zero-order valence-electron chi connectivity index (χ0n) is 16.6. The van der Waals surface area contributed by atoms with E-state index in [1.54, 1.807) is 24.3 Å². The summed E-state index contributed by atoms with van der Waals surface area (Å²) in [6.45, 7) is 5.92. The first-order valence-corrected chi connectivity index (χ1v) is 9.22. The molecular formula is C22H23N3O4. The first-order valence-electron chi connectivity index (χ1n) is 9.22. The number of rotatable bonds is 6. The SMILES string of the molecule is Cc1ccccc1C(=O)NNC(=O)Cc1ccc(OCc2c(C)noc2C)cc1. The second-order valence-electron chi connectivity index (χ2n) is 6.73. The van der Waals surface area contributed by atoms with Gasteiger partial charge in [0.1, 0.15) is 18.1 Å². The van der Waals surface area contributed by atoms with E-state index in [-0.39, 0.29) is 18.2 Å². The second kappa shape index (κ2) is 9.05. The summed E-state index contributed by atoms with van der Waals surface area (Å²) >= 11 is 0. The molecule has 7 nitrogen and oxygen atoms in total. The highest BCUT2D eigenvalue weighted by Crippen LogP contribution is 2.18. The lowest BCUT2D eigenvalue weighted by Crippen LogP contribution is -2.42. The number of hydrogen-bond donors (Lipinski definition) is 2. The molecule has 0 radical (unpaired) electrons. The Bertz CT molecular complexity index is 990. The fraction of sp³-hybridized carbons (Fsp3) is 0.227. The van der Waals surface area contributed by atoms with Crippen molar-refractivity contribution in [3.05, 3.63) is 82.2 Å². The molecule has 1 heterocycles. The molecule has 2 aromatic carbocycles. The molecule has 29 heavy (non-hydrogen) atoms. The minimum atomic E-state index is -0.348. The average Bonchev–Trinajstić information content (AvgIpc) is 3.03. The Morgan fingerprint density at radius 2 is 1.72 bits per heavy atom. The van der Waals surface area contributed by atoms with Crippen LogP contribution in [0.25, 0.3) is 0 Å². The van der Waals surface area contributed by atoms with Gasteiger partial charge in [0.15, 0.2) is 0 Å². The molecule has 0 unspecified atom stereocenters. The van der Waals surface area contributed by atoms with Crippen molar-refractivity contribution in [2.24, 2.45) is 0 Å². The highest BCUT2D eigenvalue weighted by atomic mass is 16.5. The normalized spacial score (nSPS) is 10.4. The summed E-state index contributed by atoms with van der Waals surface area (Å²) in [5, 5.41) is 3.90. The largest absolute Gasteiger partial charge is 0.489 e. The molecule has 0 saturated heterocycles. The van der Waals surface area contributed by atoms with Crippen molar-refractivity contribution >= 4 is 11.8 Å². The minimum absolute atomic E-state index is 0.137. The second-order valence-corrected chi connectivity index (χ2v) is 6.73. The summed E-state index contributed by atoms with van der Waals surface area (Å²) in [6, 6.07) is 14.4. The Kier molecular flexibility index (Phi) is 6.29. The maximum Gasteiger partial charge on any atom is 0.269 e. The van der Waals surface area contributed by atoms with E-state index in [9.17, 15) is 9.59 Å². The molecule has 0 bridgehead atoms. The molecule has 3 aromatic rings. The van der Waals surface area contributed by atoms with Gasteiger partial charge in [-0.15, -0.1) is 0 Å². The van der Waals surface area contributed by atoms with Gasteiger partial charge in [-0.05, 0) is 50.1 Å². The minimum Gasteiger partial charge on any atom is -0.489 e. The highest BCUT2D eigenvalue weighted by molar-refractivity contribution is 5.96. The lowest BCUT2D eigenvalue weighted by atomic mass is 10.1. The third kappa shape index (κ3) is 5.22. The number of benzene rings is 2. The van der Waals surface area contributed by atoms with E-state index in [1.165, 1.54) is 0 Å². The molecule has 0 aliphatic rings. The van der Waals surface area contributed by atoms with E-state index < -0.39 is 0 Å². The van der Waals surface area contributed by atoms with Gasteiger partial charge in [-0.2, -0.15) is 0 Å². The summed E-state index contributed by atoms with van der Waals surface area (Å²) in [5.74, 6) is 0.765. The van der Waals surface area contributed by atoms with Crippen LogP contribution in [0.4, 0.5) is 0 Å². The maximum atomic E-state index is 12.1. The van der Waals surface area contributed by atoms with Gasteiger partial charge in [0.2, 0.25) is 5.91 Å². The molecule has 2 amide bonds. The zero-order chi connectivity index (χ0) is 20.8. The van der Waals surface area contributed by atoms with E-state index in [1.807, 2.05) is 45.0 Å². The van der Waals surface area contributed by atoms with Crippen LogP contribution in [-0.2, 0) is 17.8 Å². The molecule has 0 spiro atoms. The molecule has 0 fully saturated rings. The van der Waals surface area contributed by atoms with Crippen LogP contribution in [0.1, 0.15) is 38.5 Å². The van der Waals surface area contributed by atoms with Crippen molar-refractivity contribution in [3.63, 3.8) is 0 Å². The van der Waals surface area contributed by atoms with Crippen LogP contribution < -0.4 is 15.6 Å². The van der Waals surface area contributed by atoms with Gasteiger partial charge in [0.05, 0.1) is 17.7 Å². The average molecular weight is 393 g/mol. The number of amides is 2. The number of nitrogens with one attached hydrogen (secondary N) is 2. The van der Waals surface area contributed by atoms with E-state index >= 15 is 0 Å². The molecule has 0 aliphatic carbocycles. The van der Waals surface area contributed by atoms with Crippen LogP contribution in [0.15, 0.2) is 53.1 Å². The predicted octanol–water partition coefficient (Wildman–Crippen LogP) is 3.18. The maximum absolute atomic E-state index is 12.1. The van der Waals surface area contributed by atoms with E-state index in [2.05, 4.69) is 16.0 Å². The number of carbonyl (C=O) groups excluding carboxylic acids is 2. The first kappa shape index (κ1) is 20.1. The van der Waals surface area contributed by atoms with Crippen LogP contribution in [0.2, 0.25) is 0 Å². The van der Waals surface area contributed by atoms with Crippen LogP contribution in [0.3, 0.4) is 0 Å². The molecule has 1 aromatic heterocycles. The summed E-state index contributed by atoms with van der Waals surface area (Å²) in [4.78, 5) is 24.2. The predicted molar refractivity (Wildman–Crippen MR) is 107 cm³/mol. The van der Waals surface area contributed by atoms with Crippen molar-refractivity contribution in [1.29, 1.82) is 0 Å². The molecule has 2 N–H and O–H groups in total. The van der Waals surface area contributed by atoms with E-state index in [0.29, 0.717) is 17.9 Å². The third-order valence-electron chi connectivity index (χ3n) is 4.56. The van der Waals surface area contributed by atoms with Crippen LogP contribution in [0.5, 0.6) is 5.75 Å². The Labute approximate surface area is 169 Å². The van der Waals surface area contributed by atoms with Crippen LogP contribution in [0, 0.1) is 20.8 Å². The number of hydrogen-bond acceptors (Lipinski definition) is 5. The van der Waals surface area contributed by atoms with Crippen molar-refractivity contribution in [2.75, 3.05) is 0 Å². The smallest absolute Gasteiger partial charge is 0.269 e. The van der Waals surface area contributed by atoms with Crippen molar-refractivity contribution in [1.82, 2.24) is 16.0 Å². The van der Waals surface area contributed by atoms with Gasteiger partial charge in [0.25, 0.3) is 5.91 Å². The number of ether oxygens (including phenoxy) is 1. The van der Waals surface area contributed by atoms with Gasteiger partial charge in [-0.3, -0.25) is 20.4 Å². The van der Waals surface area contributed by atoms with Gasteiger partial charge in [0, 0.05) is 5.56 Å². The van der Waals surface area contributed by atoms with E-state index in [4.69, 9.17) is 9.26 Å². The standard InChI is InChI=1S/C22H23N3O4/c1-14-6-4-5-7-19(14)22(27)24-23-21(26)12-17-8-10-18(11-9-17)28-13-20-15(2)25-29-16(20)3/h4-11H,12-13H2,1-3H3,(H,23,26)(H,24,27). The van der Waals surface area contributed by atoms with Crippen LogP contribution in [-0.4, -0.2) is 17.0 Å². The van der Waals surface area contributed by atoms with Crippen LogP contribution >= 0.6 is 0 Å². The van der Waals surface area contributed by atoms with Crippen molar-refractivity contribution < 1.29 is 18.8 Å². The fourth-order valence-electron chi connectivity index (χ4n) is 2.82. The monoisotopic (exact) mass is 393 g/mol. The quantitative estimate of drug-likeness (QED) is 0.628. The lowest BCUT2D eigenvalue weighted by molar-refractivity contribution is -0.121. The third-order valence-corrected chi connectivity index (χ3v) is 4.56. The molecule has 0 saturated carbocycles. The van der Waals surface area contributed by atoms with Crippen molar-refractivity contribution in [3.8, 4) is 5.75 Å². The topological polar surface area (TPSA) is 93.5 Å². The Morgan fingerprint density at radius 1 is 1.00 bits per heavy atom. The van der Waals surface area contributed by atoms with Gasteiger partial charge in [-0.1, -0.05) is 35.5 Å². The number of hydrazine groups is 1. The summed E-state index contributed by atoms with van der Waals surface area (Å²) in [5.41, 5.74) is 8.78. The first-order chi connectivity index (χ1) is 13.9. The number of aryl methyl sites for hydroxylation is 3. The Morgan fingerprint density at radius 3 is 2.38 bits per heavy atom. The fourth-order valence-corrected chi connectivity index (χ4v) is 2.82.